The van der Waals surface area contributed by atoms with Crippen molar-refractivity contribution in [2.24, 2.45) is 0 Å². The number of sulfone groups is 1. The first kappa shape index (κ1) is 16.4. The van der Waals surface area contributed by atoms with E-state index in [9.17, 15) is 17.9 Å². The molecule has 1 aliphatic rings. The monoisotopic (exact) mass is 315 g/mol. The van der Waals surface area contributed by atoms with E-state index in [2.05, 4.69) is 5.32 Å². The zero-order valence-corrected chi connectivity index (χ0v) is 12.9. The van der Waals surface area contributed by atoms with Gasteiger partial charge in [-0.15, -0.1) is 0 Å². The van der Waals surface area contributed by atoms with E-state index in [1.807, 2.05) is 0 Å². The number of hydrogen-bond acceptors (Lipinski definition) is 4. The fourth-order valence-corrected chi connectivity index (χ4v) is 4.33. The van der Waals surface area contributed by atoms with Crippen LogP contribution in [0, 0.1) is 5.82 Å². The summed E-state index contributed by atoms with van der Waals surface area (Å²) >= 11 is 0. The maximum absolute atomic E-state index is 12.8. The lowest BCUT2D eigenvalue weighted by Gasteiger charge is -2.31. The summed E-state index contributed by atoms with van der Waals surface area (Å²) < 4.78 is 36.5. The van der Waals surface area contributed by atoms with Crippen LogP contribution in [0.3, 0.4) is 0 Å². The summed E-state index contributed by atoms with van der Waals surface area (Å²) in [5.74, 6) is -0.344. The highest BCUT2D eigenvalue weighted by Gasteiger charge is 2.32. The Morgan fingerprint density at radius 1 is 1.29 bits per heavy atom. The van der Waals surface area contributed by atoms with Crippen molar-refractivity contribution in [1.29, 1.82) is 0 Å². The van der Waals surface area contributed by atoms with Crippen LogP contribution >= 0.6 is 0 Å². The molecule has 0 spiro atoms. The third-order valence-electron chi connectivity index (χ3n) is 4.08. The van der Waals surface area contributed by atoms with Gasteiger partial charge in [-0.3, -0.25) is 0 Å². The van der Waals surface area contributed by atoms with Crippen LogP contribution in [-0.2, 0) is 9.84 Å². The van der Waals surface area contributed by atoms with Crippen molar-refractivity contribution in [3.8, 4) is 0 Å². The van der Waals surface area contributed by atoms with Gasteiger partial charge < -0.3 is 10.4 Å². The van der Waals surface area contributed by atoms with E-state index < -0.39 is 15.9 Å². The van der Waals surface area contributed by atoms with E-state index in [1.54, 1.807) is 0 Å². The van der Waals surface area contributed by atoms with Crippen LogP contribution in [0.1, 0.15) is 37.4 Å². The largest absolute Gasteiger partial charge is 0.387 e. The Labute approximate surface area is 125 Å². The smallest absolute Gasteiger partial charge is 0.151 e. The number of aliphatic hydroxyl groups is 1. The fraction of sp³-hybridized carbons (Fsp3) is 0.600. The second-order valence-corrected chi connectivity index (χ2v) is 8.00. The van der Waals surface area contributed by atoms with Gasteiger partial charge in [-0.05, 0) is 30.5 Å². The predicted octanol–water partition coefficient (Wildman–Crippen LogP) is 1.80. The number of halogens is 1. The normalized spacial score (nSPS) is 24.7. The van der Waals surface area contributed by atoms with Crippen LogP contribution in [-0.4, -0.2) is 37.6 Å². The summed E-state index contributed by atoms with van der Waals surface area (Å²) in [6.07, 6.45) is 3.89. The Kier molecular flexibility index (Phi) is 5.35. The average Bonchev–Trinajstić information content (AvgIpc) is 2.45. The molecule has 4 nitrogen and oxygen atoms in total. The number of aliphatic hydroxyl groups excluding tert-OH is 1. The van der Waals surface area contributed by atoms with Crippen LogP contribution in [0.15, 0.2) is 24.3 Å². The highest BCUT2D eigenvalue weighted by molar-refractivity contribution is 7.91. The third-order valence-corrected chi connectivity index (χ3v) is 5.74. The first-order valence-electron chi connectivity index (χ1n) is 7.23. The molecule has 1 aliphatic carbocycles. The molecule has 3 unspecified atom stereocenters. The Morgan fingerprint density at radius 3 is 2.52 bits per heavy atom. The van der Waals surface area contributed by atoms with Gasteiger partial charge in [-0.25, -0.2) is 12.8 Å². The van der Waals surface area contributed by atoms with Gasteiger partial charge in [0.25, 0.3) is 0 Å². The molecule has 1 saturated carbocycles. The second-order valence-electron chi connectivity index (χ2n) is 5.73. The molecule has 0 aliphatic heterocycles. The summed E-state index contributed by atoms with van der Waals surface area (Å²) in [4.78, 5) is 0. The van der Waals surface area contributed by atoms with Gasteiger partial charge in [0.2, 0.25) is 0 Å². The van der Waals surface area contributed by atoms with Crippen LogP contribution in [0.25, 0.3) is 0 Å². The summed E-state index contributed by atoms with van der Waals surface area (Å²) in [7, 11) is -3.09. The van der Waals surface area contributed by atoms with E-state index >= 15 is 0 Å². The molecule has 0 amide bonds. The van der Waals surface area contributed by atoms with Crippen molar-refractivity contribution >= 4 is 9.84 Å². The fourth-order valence-electron chi connectivity index (χ4n) is 2.91. The topological polar surface area (TPSA) is 66.4 Å². The van der Waals surface area contributed by atoms with E-state index in [0.717, 1.165) is 19.3 Å². The van der Waals surface area contributed by atoms with Crippen LogP contribution < -0.4 is 5.32 Å². The first-order chi connectivity index (χ1) is 9.88. The van der Waals surface area contributed by atoms with Crippen molar-refractivity contribution < 1.29 is 17.9 Å². The van der Waals surface area contributed by atoms with Crippen molar-refractivity contribution in [3.63, 3.8) is 0 Å². The molecular formula is C15H22FNO3S. The van der Waals surface area contributed by atoms with Crippen molar-refractivity contribution in [2.75, 3.05) is 12.8 Å². The van der Waals surface area contributed by atoms with Crippen LogP contribution in [0.4, 0.5) is 4.39 Å². The molecule has 2 N–H and O–H groups in total. The summed E-state index contributed by atoms with van der Waals surface area (Å²) in [5.41, 5.74) is 0.621. The molecule has 2 rings (SSSR count). The molecule has 0 saturated heterocycles. The molecule has 0 bridgehead atoms. The van der Waals surface area contributed by atoms with Gasteiger partial charge >= 0.3 is 0 Å². The quantitative estimate of drug-likeness (QED) is 0.869. The van der Waals surface area contributed by atoms with Gasteiger partial charge in [0.05, 0.1) is 11.4 Å². The number of rotatable bonds is 5. The van der Waals surface area contributed by atoms with Gasteiger partial charge in [-0.2, -0.15) is 0 Å². The zero-order valence-electron chi connectivity index (χ0n) is 12.1. The second kappa shape index (κ2) is 6.85. The van der Waals surface area contributed by atoms with Gasteiger partial charge in [0.1, 0.15) is 5.82 Å². The minimum atomic E-state index is -3.09. The standard InChI is InChI=1S/C15H22FNO3S/c1-21(19,20)15-5-3-2-4-13(15)17-10-14(18)11-6-8-12(16)9-7-11/h6-9,13-15,17-18H,2-5,10H2,1H3. The first-order valence-corrected chi connectivity index (χ1v) is 9.19. The minimum absolute atomic E-state index is 0.121. The number of hydrogen-bond donors (Lipinski definition) is 2. The minimum Gasteiger partial charge on any atom is -0.387 e. The highest BCUT2D eigenvalue weighted by atomic mass is 32.2. The number of nitrogens with one attached hydrogen (secondary N) is 1. The maximum atomic E-state index is 12.8. The van der Waals surface area contributed by atoms with Gasteiger partial charge in [0.15, 0.2) is 9.84 Å². The lowest BCUT2D eigenvalue weighted by Crippen LogP contribution is -2.47. The van der Waals surface area contributed by atoms with Crippen molar-refractivity contribution in [3.05, 3.63) is 35.6 Å². The molecule has 3 atom stereocenters. The van der Waals surface area contributed by atoms with Crippen LogP contribution in [0.2, 0.25) is 0 Å². The van der Waals surface area contributed by atoms with Crippen LogP contribution in [0.5, 0.6) is 0 Å². The molecule has 1 aromatic carbocycles. The van der Waals surface area contributed by atoms with Gasteiger partial charge in [-0.1, -0.05) is 25.0 Å². The van der Waals surface area contributed by atoms with E-state index in [1.165, 1.54) is 30.5 Å². The van der Waals surface area contributed by atoms with Crippen molar-refractivity contribution in [1.82, 2.24) is 5.32 Å². The molecule has 118 valence electrons. The molecular weight excluding hydrogens is 293 g/mol. The van der Waals surface area contributed by atoms with E-state index in [4.69, 9.17) is 0 Å². The Hall–Kier alpha value is -0.980. The lowest BCUT2D eigenvalue weighted by atomic mass is 9.94. The zero-order chi connectivity index (χ0) is 15.5. The SMILES string of the molecule is CS(=O)(=O)C1CCCCC1NCC(O)c1ccc(F)cc1. The Bertz CT molecular complexity index is 559. The number of benzene rings is 1. The lowest BCUT2D eigenvalue weighted by molar-refractivity contribution is 0.166. The molecule has 6 heteroatoms. The molecule has 21 heavy (non-hydrogen) atoms. The van der Waals surface area contributed by atoms with E-state index in [-0.39, 0.29) is 23.7 Å². The molecule has 1 fully saturated rings. The Balaban J connectivity index is 1.96. The summed E-state index contributed by atoms with van der Waals surface area (Å²) in [6.45, 7) is 0.266. The summed E-state index contributed by atoms with van der Waals surface area (Å²) in [5, 5.41) is 12.9. The molecule has 0 aromatic heterocycles. The van der Waals surface area contributed by atoms with Gasteiger partial charge in [0, 0.05) is 18.8 Å². The maximum Gasteiger partial charge on any atom is 0.151 e. The molecule has 0 heterocycles. The molecule has 1 aromatic rings. The third kappa shape index (κ3) is 4.49. The Morgan fingerprint density at radius 2 is 1.90 bits per heavy atom. The van der Waals surface area contributed by atoms with E-state index in [0.29, 0.717) is 12.0 Å². The van der Waals surface area contributed by atoms with Crippen molar-refractivity contribution in [2.45, 2.75) is 43.1 Å². The predicted molar refractivity (Wildman–Crippen MR) is 80.3 cm³/mol. The average molecular weight is 315 g/mol. The highest BCUT2D eigenvalue weighted by Crippen LogP contribution is 2.24. The summed E-state index contributed by atoms with van der Waals surface area (Å²) in [6, 6.07) is 5.56. The molecule has 0 radical (unpaired) electrons.